The zero-order chi connectivity index (χ0) is 29.4. The number of nitrogens with one attached hydrogen (secondary N) is 3. The highest BCUT2D eigenvalue weighted by Gasteiger charge is 2.32. The Hall–Kier alpha value is -4.97. The Morgan fingerprint density at radius 2 is 1.90 bits per heavy atom. The summed E-state index contributed by atoms with van der Waals surface area (Å²) >= 11 is 5.30. The van der Waals surface area contributed by atoms with E-state index in [1.807, 2.05) is 0 Å². The molecule has 0 bridgehead atoms. The van der Waals surface area contributed by atoms with Crippen LogP contribution in [0.15, 0.2) is 81.5 Å². The summed E-state index contributed by atoms with van der Waals surface area (Å²) < 4.78 is 21.5. The molecule has 2 heterocycles. The van der Waals surface area contributed by atoms with E-state index in [1.165, 1.54) is 13.3 Å². The summed E-state index contributed by atoms with van der Waals surface area (Å²) in [6.07, 6.45) is 1.35. The summed E-state index contributed by atoms with van der Waals surface area (Å²) in [5, 5.41) is 10.3. The number of esters is 2. The van der Waals surface area contributed by atoms with E-state index in [0.29, 0.717) is 50.3 Å². The molecule has 0 saturated carbocycles. The van der Waals surface area contributed by atoms with E-state index in [1.54, 1.807) is 74.5 Å². The molecule has 2 aromatic carbocycles. The Balaban J connectivity index is 1.39. The third kappa shape index (κ3) is 7.17. The Morgan fingerprint density at radius 1 is 1.10 bits per heavy atom. The molecule has 11 nitrogen and oxygen atoms in total. The standard InChI is InChI=1S/C29H28N4O7S/c1-4-38-28(36)25-17(2)31-29(41)32-26(25)21-10-5-6-11-23(21)39-16-24(34)33-30-15-20-12-13-22(40-20)18-8-7-9-19(14-18)27(35)37-3/h5-15,26H,4,16H2,1-3H3,(H,33,34)(H2,31,32,41)/t26-/m1/s1. The normalized spacial score (nSPS) is 14.7. The lowest BCUT2D eigenvalue weighted by Gasteiger charge is -2.30. The van der Waals surface area contributed by atoms with Gasteiger partial charge < -0.3 is 29.3 Å². The number of carbonyl (C=O) groups excluding carboxylic acids is 3. The van der Waals surface area contributed by atoms with Gasteiger partial charge in [-0.15, -0.1) is 0 Å². The summed E-state index contributed by atoms with van der Waals surface area (Å²) in [5.74, 6) is -0.170. The number of amides is 1. The minimum Gasteiger partial charge on any atom is -0.483 e. The Kier molecular flexibility index (Phi) is 9.48. The minimum atomic E-state index is -0.637. The zero-order valence-corrected chi connectivity index (χ0v) is 23.4. The second-order valence-corrected chi connectivity index (χ2v) is 9.09. The number of thiocarbonyl (C=S) groups is 1. The monoisotopic (exact) mass is 576 g/mol. The summed E-state index contributed by atoms with van der Waals surface area (Å²) in [4.78, 5) is 36.9. The first-order chi connectivity index (χ1) is 19.8. The smallest absolute Gasteiger partial charge is 0.338 e. The lowest BCUT2D eigenvalue weighted by Crippen LogP contribution is -2.45. The van der Waals surface area contributed by atoms with Crippen molar-refractivity contribution in [2.45, 2.75) is 19.9 Å². The number of carbonyl (C=O) groups is 3. The van der Waals surface area contributed by atoms with Crippen molar-refractivity contribution in [3.63, 3.8) is 0 Å². The average molecular weight is 577 g/mol. The van der Waals surface area contributed by atoms with Gasteiger partial charge in [0.1, 0.15) is 17.3 Å². The van der Waals surface area contributed by atoms with Crippen LogP contribution < -0.4 is 20.8 Å². The third-order valence-electron chi connectivity index (χ3n) is 5.93. The van der Waals surface area contributed by atoms with Gasteiger partial charge in [0.2, 0.25) is 0 Å². The van der Waals surface area contributed by atoms with Gasteiger partial charge in [-0.25, -0.2) is 15.0 Å². The van der Waals surface area contributed by atoms with Gasteiger partial charge in [-0.1, -0.05) is 30.3 Å². The molecule has 3 aromatic rings. The van der Waals surface area contributed by atoms with E-state index < -0.39 is 23.9 Å². The van der Waals surface area contributed by atoms with Gasteiger partial charge >= 0.3 is 11.9 Å². The van der Waals surface area contributed by atoms with Crippen LogP contribution >= 0.6 is 12.2 Å². The van der Waals surface area contributed by atoms with Gasteiger partial charge in [-0.2, -0.15) is 5.10 Å². The first-order valence-electron chi connectivity index (χ1n) is 12.6. The predicted molar refractivity (Wildman–Crippen MR) is 154 cm³/mol. The Labute approximate surface area is 241 Å². The molecule has 0 unspecified atom stereocenters. The molecule has 3 N–H and O–H groups in total. The molecule has 1 aliphatic rings. The molecule has 1 aromatic heterocycles. The quantitative estimate of drug-likeness (QED) is 0.142. The van der Waals surface area contributed by atoms with E-state index in [-0.39, 0.29) is 13.2 Å². The van der Waals surface area contributed by atoms with Gasteiger partial charge in [0.05, 0.1) is 37.1 Å². The number of hydrazone groups is 1. The van der Waals surface area contributed by atoms with Crippen molar-refractivity contribution >= 4 is 41.4 Å². The van der Waals surface area contributed by atoms with E-state index >= 15 is 0 Å². The average Bonchev–Trinajstić information content (AvgIpc) is 3.44. The van der Waals surface area contributed by atoms with Crippen LogP contribution in [0.3, 0.4) is 0 Å². The highest BCUT2D eigenvalue weighted by atomic mass is 32.1. The summed E-state index contributed by atoms with van der Waals surface area (Å²) in [7, 11) is 1.32. The lowest BCUT2D eigenvalue weighted by molar-refractivity contribution is -0.139. The first kappa shape index (κ1) is 29.0. The van der Waals surface area contributed by atoms with Crippen LogP contribution in [0.2, 0.25) is 0 Å². The maximum atomic E-state index is 12.7. The van der Waals surface area contributed by atoms with Crippen molar-refractivity contribution in [3.05, 3.63) is 88.8 Å². The van der Waals surface area contributed by atoms with Gasteiger partial charge in [-0.05, 0) is 56.4 Å². The van der Waals surface area contributed by atoms with Crippen LogP contribution in [0.1, 0.15) is 41.6 Å². The van der Waals surface area contributed by atoms with E-state index in [0.717, 1.165) is 0 Å². The van der Waals surface area contributed by atoms with E-state index in [4.69, 9.17) is 30.8 Å². The van der Waals surface area contributed by atoms with Gasteiger partial charge in [-0.3, -0.25) is 4.79 Å². The number of furan rings is 1. The van der Waals surface area contributed by atoms with Crippen molar-refractivity contribution in [1.29, 1.82) is 0 Å². The van der Waals surface area contributed by atoms with Crippen molar-refractivity contribution < 1.29 is 33.0 Å². The number of rotatable bonds is 10. The highest BCUT2D eigenvalue weighted by molar-refractivity contribution is 7.80. The number of benzene rings is 2. The zero-order valence-electron chi connectivity index (χ0n) is 22.6. The summed E-state index contributed by atoms with van der Waals surface area (Å²) in [6.45, 7) is 3.34. The van der Waals surface area contributed by atoms with Crippen LogP contribution in [-0.2, 0) is 19.1 Å². The molecular weight excluding hydrogens is 548 g/mol. The van der Waals surface area contributed by atoms with Crippen molar-refractivity contribution in [2.75, 3.05) is 20.3 Å². The molecule has 4 rings (SSSR count). The molecule has 212 valence electrons. The molecule has 1 aliphatic heterocycles. The second kappa shape index (κ2) is 13.4. The molecule has 0 spiro atoms. The fourth-order valence-corrected chi connectivity index (χ4v) is 4.37. The minimum absolute atomic E-state index is 0.216. The van der Waals surface area contributed by atoms with Gasteiger partial charge in [0, 0.05) is 16.8 Å². The van der Waals surface area contributed by atoms with Crippen molar-refractivity contribution in [1.82, 2.24) is 16.1 Å². The van der Waals surface area contributed by atoms with Crippen molar-refractivity contribution in [3.8, 4) is 17.1 Å². The number of hydrogen-bond donors (Lipinski definition) is 3. The summed E-state index contributed by atoms with van der Waals surface area (Å²) in [5.41, 5.74) is 5.01. The first-order valence-corrected chi connectivity index (χ1v) is 13.0. The van der Waals surface area contributed by atoms with Crippen LogP contribution in [0, 0.1) is 0 Å². The van der Waals surface area contributed by atoms with Crippen LogP contribution in [0.5, 0.6) is 5.75 Å². The maximum absolute atomic E-state index is 12.7. The highest BCUT2D eigenvalue weighted by Crippen LogP contribution is 2.33. The molecule has 0 saturated heterocycles. The van der Waals surface area contributed by atoms with Crippen molar-refractivity contribution in [2.24, 2.45) is 5.10 Å². The van der Waals surface area contributed by atoms with Crippen LogP contribution in [0.4, 0.5) is 0 Å². The third-order valence-corrected chi connectivity index (χ3v) is 6.15. The topological polar surface area (TPSA) is 140 Å². The molecular formula is C29H28N4O7S. The number of methoxy groups -OCH3 is 1. The fraction of sp³-hybridized carbons (Fsp3) is 0.207. The van der Waals surface area contributed by atoms with Crippen LogP contribution in [0.25, 0.3) is 11.3 Å². The largest absolute Gasteiger partial charge is 0.483 e. The second-order valence-electron chi connectivity index (χ2n) is 8.68. The number of para-hydroxylation sites is 1. The fourth-order valence-electron chi connectivity index (χ4n) is 4.10. The molecule has 12 heteroatoms. The van der Waals surface area contributed by atoms with E-state index in [9.17, 15) is 14.4 Å². The molecule has 0 fully saturated rings. The van der Waals surface area contributed by atoms with Crippen LogP contribution in [-0.4, -0.2) is 49.5 Å². The molecule has 41 heavy (non-hydrogen) atoms. The maximum Gasteiger partial charge on any atom is 0.338 e. The molecule has 0 aliphatic carbocycles. The SMILES string of the molecule is CCOC(=O)C1=C(C)NC(=S)N[C@@H]1c1ccccc1OCC(=O)NN=Cc1ccc(-c2cccc(C(=O)OC)c2)o1. The number of allylic oxidation sites excluding steroid dienone is 1. The Bertz CT molecular complexity index is 1530. The Morgan fingerprint density at radius 3 is 2.68 bits per heavy atom. The lowest BCUT2D eigenvalue weighted by atomic mass is 9.95. The van der Waals surface area contributed by atoms with Gasteiger partial charge in [0.15, 0.2) is 11.7 Å². The molecule has 0 radical (unpaired) electrons. The molecule has 1 amide bonds. The van der Waals surface area contributed by atoms with Gasteiger partial charge in [0.25, 0.3) is 5.91 Å². The predicted octanol–water partition coefficient (Wildman–Crippen LogP) is 3.62. The number of hydrogen-bond acceptors (Lipinski definition) is 9. The summed E-state index contributed by atoms with van der Waals surface area (Å²) in [6, 6.07) is 16.6. The van der Waals surface area contributed by atoms with E-state index in [2.05, 4.69) is 21.2 Å². The number of ether oxygens (including phenoxy) is 3. The molecule has 1 atom stereocenters. The number of nitrogens with zero attached hydrogens (tertiary/aromatic N) is 1.